The van der Waals surface area contributed by atoms with Gasteiger partial charge in [0.05, 0.1) is 31.5 Å². The second-order valence-electron chi connectivity index (χ2n) is 8.90. The fraction of sp³-hybridized carbons (Fsp3) is 0.789. The Balaban J connectivity index is 1.66. The van der Waals surface area contributed by atoms with Crippen LogP contribution in [0.3, 0.4) is 0 Å². The smallest absolute Gasteiger partial charge is 0.359 e. The Morgan fingerprint density at radius 2 is 1.92 bits per heavy atom. The number of nitrogens with zero attached hydrogens (tertiary/aromatic N) is 2. The number of nitrogens with two attached hydrogens (primary N) is 1. The summed E-state index contributed by atoms with van der Waals surface area (Å²) < 4.78 is 29.5. The molecular weight excluding hydrogens is 509 g/mol. The molecule has 0 radical (unpaired) electrons. The van der Waals surface area contributed by atoms with Crippen molar-refractivity contribution in [1.29, 1.82) is 0 Å². The Bertz CT molecular complexity index is 998. The van der Waals surface area contributed by atoms with Gasteiger partial charge >= 0.3 is 13.3 Å². The standard InChI is InChI=1S/C19H32N3O13P/c1-7-8(24)4-10(34-16(7)13(26)9(25)5-23)18(29)36(31,32)33-6-11-14(27)15(28)17(35-11)22-3-2-12(20)21-19(22)30/h2-3,7-11,13-18,23-29H,4-6H2,1H3,(H,31,32)(H2,20,21,30)/t7-,8?,9-,10-,11-,13-,14+,15?,16?,17-,18?/m1/s1. The molecule has 1 aromatic rings. The minimum atomic E-state index is -4.94. The molecule has 2 saturated heterocycles. The van der Waals surface area contributed by atoms with E-state index < -0.39 is 93.3 Å². The van der Waals surface area contributed by atoms with Gasteiger partial charge in [0.2, 0.25) is 0 Å². The minimum Gasteiger partial charge on any atom is -0.394 e. The average Bonchev–Trinajstić information content (AvgIpc) is 3.11. The van der Waals surface area contributed by atoms with Crippen LogP contribution < -0.4 is 11.4 Å². The van der Waals surface area contributed by atoms with Crippen LogP contribution in [0.5, 0.6) is 0 Å². The van der Waals surface area contributed by atoms with Crippen LogP contribution in [0.1, 0.15) is 19.6 Å². The number of rotatable bonds is 9. The van der Waals surface area contributed by atoms with Crippen molar-refractivity contribution < 1.29 is 59.2 Å². The summed E-state index contributed by atoms with van der Waals surface area (Å²) in [5, 5.41) is 70.3. The molecule has 0 aliphatic carbocycles. The fourth-order valence-electron chi connectivity index (χ4n) is 4.15. The molecule has 0 amide bonds. The van der Waals surface area contributed by atoms with E-state index in [4.69, 9.17) is 24.8 Å². The highest BCUT2D eigenvalue weighted by Crippen LogP contribution is 2.51. The van der Waals surface area contributed by atoms with Gasteiger partial charge in [-0.15, -0.1) is 0 Å². The van der Waals surface area contributed by atoms with Crippen molar-refractivity contribution in [2.45, 2.75) is 74.2 Å². The minimum absolute atomic E-state index is 0.0792. The van der Waals surface area contributed by atoms with E-state index >= 15 is 0 Å². The summed E-state index contributed by atoms with van der Waals surface area (Å²) in [6.45, 7) is -0.117. The van der Waals surface area contributed by atoms with Crippen molar-refractivity contribution in [2.75, 3.05) is 18.9 Å². The summed E-state index contributed by atoms with van der Waals surface area (Å²) in [5.74, 6) is -3.05. The molecule has 5 unspecified atom stereocenters. The molecule has 1 aromatic heterocycles. The Morgan fingerprint density at radius 3 is 2.53 bits per heavy atom. The zero-order valence-electron chi connectivity index (χ0n) is 19.2. The number of aromatic nitrogens is 2. The van der Waals surface area contributed by atoms with E-state index in [1.165, 1.54) is 19.2 Å². The summed E-state index contributed by atoms with van der Waals surface area (Å²) >= 11 is 0. The summed E-state index contributed by atoms with van der Waals surface area (Å²) in [5.41, 5.74) is 4.55. The lowest BCUT2D eigenvalue weighted by molar-refractivity contribution is -0.203. The van der Waals surface area contributed by atoms with E-state index in [0.29, 0.717) is 0 Å². The van der Waals surface area contributed by atoms with Gasteiger partial charge in [-0.1, -0.05) is 6.92 Å². The van der Waals surface area contributed by atoms with Crippen LogP contribution in [0, 0.1) is 5.92 Å². The van der Waals surface area contributed by atoms with Gasteiger partial charge in [-0.25, -0.2) is 4.79 Å². The molecule has 3 rings (SSSR count). The molecule has 0 saturated carbocycles. The van der Waals surface area contributed by atoms with E-state index in [1.807, 2.05) is 0 Å². The van der Waals surface area contributed by atoms with Crippen molar-refractivity contribution >= 4 is 13.4 Å². The van der Waals surface area contributed by atoms with Gasteiger partial charge in [-0.05, 0) is 6.07 Å². The lowest BCUT2D eigenvalue weighted by Gasteiger charge is -2.42. The zero-order valence-corrected chi connectivity index (χ0v) is 20.1. The maximum Gasteiger partial charge on any atom is 0.359 e. The summed E-state index contributed by atoms with van der Waals surface area (Å²) in [7, 11) is -4.94. The van der Waals surface area contributed by atoms with Gasteiger partial charge in [0, 0.05) is 18.5 Å². The third-order valence-electron chi connectivity index (χ3n) is 6.40. The highest BCUT2D eigenvalue weighted by Gasteiger charge is 2.49. The summed E-state index contributed by atoms with van der Waals surface area (Å²) in [6.07, 6.45) is -12.5. The normalized spacial score (nSPS) is 37.2. The number of aliphatic hydroxyl groups is 7. The molecule has 17 heteroatoms. The Hall–Kier alpha value is -1.53. The van der Waals surface area contributed by atoms with Crippen LogP contribution in [0.25, 0.3) is 0 Å². The fourth-order valence-corrected chi connectivity index (χ4v) is 5.27. The number of aliphatic hydroxyl groups excluding tert-OH is 7. The second-order valence-corrected chi connectivity index (χ2v) is 10.8. The Labute approximate surface area is 204 Å². The van der Waals surface area contributed by atoms with E-state index in [2.05, 4.69) is 4.98 Å². The third kappa shape index (κ3) is 5.96. The van der Waals surface area contributed by atoms with Crippen LogP contribution >= 0.6 is 7.60 Å². The predicted octanol–water partition coefficient (Wildman–Crippen LogP) is -4.17. The third-order valence-corrected chi connectivity index (χ3v) is 7.92. The lowest BCUT2D eigenvalue weighted by atomic mass is 9.86. The second kappa shape index (κ2) is 11.5. The van der Waals surface area contributed by atoms with Gasteiger partial charge in [0.15, 0.2) is 12.1 Å². The molecule has 3 heterocycles. The molecule has 0 bridgehead atoms. The molecular formula is C19H32N3O13P. The molecule has 2 aliphatic heterocycles. The number of hydrogen-bond donors (Lipinski definition) is 9. The van der Waals surface area contributed by atoms with Gasteiger partial charge in [-0.2, -0.15) is 4.98 Å². The maximum atomic E-state index is 12.7. The van der Waals surface area contributed by atoms with E-state index in [1.54, 1.807) is 0 Å². The molecule has 10 N–H and O–H groups in total. The van der Waals surface area contributed by atoms with Crippen LogP contribution in [0.2, 0.25) is 0 Å². The van der Waals surface area contributed by atoms with Gasteiger partial charge in [0.25, 0.3) is 0 Å². The Kier molecular flexibility index (Phi) is 9.25. The van der Waals surface area contributed by atoms with Crippen molar-refractivity contribution in [3.05, 3.63) is 22.7 Å². The van der Waals surface area contributed by atoms with Crippen LogP contribution in [-0.4, -0.2) is 118 Å². The molecule has 206 valence electrons. The van der Waals surface area contributed by atoms with Gasteiger partial charge < -0.3 is 60.4 Å². The van der Waals surface area contributed by atoms with Crippen LogP contribution in [0.15, 0.2) is 17.1 Å². The van der Waals surface area contributed by atoms with Crippen molar-refractivity contribution in [3.63, 3.8) is 0 Å². The highest BCUT2D eigenvalue weighted by atomic mass is 31.2. The SMILES string of the molecule is C[C@@H]1C(O)C[C@H](C(O)P(=O)(O)OC[C@H]2O[C@@H](n3ccc(N)nc3=O)C(O)[C@H]2O)OC1[C@H](O)[C@H](O)CO. The number of hydrogen-bond acceptors (Lipinski definition) is 14. The molecule has 2 fully saturated rings. The van der Waals surface area contributed by atoms with E-state index in [9.17, 15) is 44.9 Å². The van der Waals surface area contributed by atoms with Crippen molar-refractivity contribution in [2.24, 2.45) is 5.92 Å². The first-order valence-electron chi connectivity index (χ1n) is 11.1. The molecule has 36 heavy (non-hydrogen) atoms. The molecule has 12 atom stereocenters. The number of ether oxygens (including phenoxy) is 2. The average molecular weight is 541 g/mol. The molecule has 0 aromatic carbocycles. The number of nitrogen functional groups attached to an aromatic ring is 1. The van der Waals surface area contributed by atoms with E-state index in [-0.39, 0.29) is 12.2 Å². The van der Waals surface area contributed by atoms with Crippen molar-refractivity contribution in [3.8, 4) is 0 Å². The van der Waals surface area contributed by atoms with Gasteiger partial charge in [0.1, 0.15) is 36.3 Å². The molecule has 16 nitrogen and oxygen atoms in total. The number of anilines is 1. The first-order valence-corrected chi connectivity index (χ1v) is 12.7. The Morgan fingerprint density at radius 1 is 1.25 bits per heavy atom. The van der Waals surface area contributed by atoms with Gasteiger partial charge in [-0.3, -0.25) is 9.13 Å². The quantitative estimate of drug-likeness (QED) is 0.134. The van der Waals surface area contributed by atoms with Crippen molar-refractivity contribution in [1.82, 2.24) is 9.55 Å². The monoisotopic (exact) mass is 541 g/mol. The summed E-state index contributed by atoms with van der Waals surface area (Å²) in [4.78, 5) is 25.8. The maximum absolute atomic E-state index is 12.7. The van der Waals surface area contributed by atoms with Crippen LogP contribution in [-0.2, 0) is 18.6 Å². The predicted molar refractivity (Wildman–Crippen MR) is 118 cm³/mol. The largest absolute Gasteiger partial charge is 0.394 e. The highest BCUT2D eigenvalue weighted by molar-refractivity contribution is 7.53. The van der Waals surface area contributed by atoms with Crippen LogP contribution in [0.4, 0.5) is 5.82 Å². The lowest BCUT2D eigenvalue weighted by Crippen LogP contribution is -2.55. The molecule has 0 spiro atoms. The topological polar surface area (TPSA) is 268 Å². The first-order chi connectivity index (χ1) is 16.8. The molecule has 2 aliphatic rings. The first kappa shape index (κ1) is 29.0. The summed E-state index contributed by atoms with van der Waals surface area (Å²) in [6, 6.07) is 1.26. The van der Waals surface area contributed by atoms with E-state index in [0.717, 1.165) is 4.57 Å². The zero-order chi connectivity index (χ0) is 26.9.